The Labute approximate surface area is 109 Å². The predicted octanol–water partition coefficient (Wildman–Crippen LogP) is 0.232. The molecule has 7 heteroatoms. The highest BCUT2D eigenvalue weighted by molar-refractivity contribution is 6.00. The largest absolute Gasteiger partial charge is 0.495 e. The SMILES string of the molecule is COc1ccc(C(=O)O)cc1N(CC(N)=O)C(C)=O. The maximum Gasteiger partial charge on any atom is 0.335 e. The fourth-order valence-corrected chi connectivity index (χ4v) is 1.56. The van der Waals surface area contributed by atoms with Crippen LogP contribution < -0.4 is 15.4 Å². The van der Waals surface area contributed by atoms with Crippen molar-refractivity contribution in [2.45, 2.75) is 6.92 Å². The molecular formula is C12H14N2O5. The highest BCUT2D eigenvalue weighted by atomic mass is 16.5. The number of hydrogen-bond acceptors (Lipinski definition) is 4. The van der Waals surface area contributed by atoms with E-state index in [-0.39, 0.29) is 23.5 Å². The second kappa shape index (κ2) is 5.85. The Kier molecular flexibility index (Phi) is 4.46. The minimum Gasteiger partial charge on any atom is -0.495 e. The van der Waals surface area contributed by atoms with Gasteiger partial charge in [-0.15, -0.1) is 0 Å². The Hall–Kier alpha value is -2.57. The van der Waals surface area contributed by atoms with Crippen LogP contribution in [0.5, 0.6) is 5.75 Å². The second-order valence-electron chi connectivity index (χ2n) is 3.76. The van der Waals surface area contributed by atoms with E-state index in [9.17, 15) is 14.4 Å². The molecule has 0 spiro atoms. The third-order valence-electron chi connectivity index (χ3n) is 2.41. The maximum atomic E-state index is 11.5. The summed E-state index contributed by atoms with van der Waals surface area (Å²) in [5.41, 5.74) is 5.23. The number of aromatic carboxylic acids is 1. The molecule has 0 unspecified atom stereocenters. The molecule has 1 aromatic rings. The molecule has 1 rings (SSSR count). The first kappa shape index (κ1) is 14.5. The lowest BCUT2D eigenvalue weighted by atomic mass is 10.1. The molecule has 0 aliphatic heterocycles. The van der Waals surface area contributed by atoms with Gasteiger partial charge >= 0.3 is 5.97 Å². The van der Waals surface area contributed by atoms with Crippen molar-refractivity contribution in [2.24, 2.45) is 5.73 Å². The van der Waals surface area contributed by atoms with Crippen molar-refractivity contribution in [3.05, 3.63) is 23.8 Å². The first-order valence-corrected chi connectivity index (χ1v) is 5.34. The number of rotatable bonds is 5. The van der Waals surface area contributed by atoms with E-state index in [1.807, 2.05) is 0 Å². The minimum absolute atomic E-state index is 0.0217. The van der Waals surface area contributed by atoms with Crippen molar-refractivity contribution in [1.29, 1.82) is 0 Å². The van der Waals surface area contributed by atoms with Gasteiger partial charge in [0.2, 0.25) is 11.8 Å². The first-order valence-electron chi connectivity index (χ1n) is 5.34. The number of benzene rings is 1. The molecule has 0 saturated carbocycles. The molecule has 0 fully saturated rings. The number of carboxylic acid groups (broad SMARTS) is 1. The average Bonchev–Trinajstić information content (AvgIpc) is 2.34. The number of amides is 2. The van der Waals surface area contributed by atoms with Gasteiger partial charge in [0, 0.05) is 6.92 Å². The van der Waals surface area contributed by atoms with Crippen LogP contribution in [0.25, 0.3) is 0 Å². The van der Waals surface area contributed by atoms with Crippen LogP contribution in [0.2, 0.25) is 0 Å². The number of hydrogen-bond donors (Lipinski definition) is 2. The van der Waals surface area contributed by atoms with E-state index in [1.165, 1.54) is 32.2 Å². The van der Waals surface area contributed by atoms with Crippen LogP contribution in [0.15, 0.2) is 18.2 Å². The van der Waals surface area contributed by atoms with E-state index in [2.05, 4.69) is 0 Å². The number of primary amides is 1. The topological polar surface area (TPSA) is 110 Å². The molecule has 2 amide bonds. The van der Waals surface area contributed by atoms with Crippen LogP contribution in [-0.2, 0) is 9.59 Å². The van der Waals surface area contributed by atoms with E-state index in [4.69, 9.17) is 15.6 Å². The zero-order valence-corrected chi connectivity index (χ0v) is 10.5. The third kappa shape index (κ3) is 3.44. The standard InChI is InChI=1S/C12H14N2O5/c1-7(15)14(6-11(13)16)9-5-8(12(17)18)3-4-10(9)19-2/h3-5H,6H2,1-2H3,(H2,13,16)(H,17,18). The highest BCUT2D eigenvalue weighted by Gasteiger charge is 2.20. The molecule has 0 heterocycles. The van der Waals surface area contributed by atoms with Crippen molar-refractivity contribution < 1.29 is 24.2 Å². The van der Waals surface area contributed by atoms with E-state index in [0.717, 1.165) is 4.90 Å². The van der Waals surface area contributed by atoms with Gasteiger partial charge in [-0.25, -0.2) is 4.79 Å². The molecular weight excluding hydrogens is 252 g/mol. The van der Waals surface area contributed by atoms with E-state index < -0.39 is 17.8 Å². The normalized spacial score (nSPS) is 9.79. The zero-order valence-electron chi connectivity index (χ0n) is 10.5. The number of nitrogens with zero attached hydrogens (tertiary/aromatic N) is 1. The molecule has 0 aliphatic rings. The molecule has 0 aliphatic carbocycles. The van der Waals surface area contributed by atoms with Crippen LogP contribution in [0.3, 0.4) is 0 Å². The van der Waals surface area contributed by atoms with Gasteiger partial charge in [-0.05, 0) is 18.2 Å². The number of nitrogens with two attached hydrogens (primary N) is 1. The molecule has 0 saturated heterocycles. The lowest BCUT2D eigenvalue weighted by molar-refractivity contribution is -0.121. The van der Waals surface area contributed by atoms with Gasteiger partial charge in [-0.3, -0.25) is 14.5 Å². The van der Waals surface area contributed by atoms with Gasteiger partial charge in [0.1, 0.15) is 12.3 Å². The number of carbonyl (C=O) groups is 3. The fourth-order valence-electron chi connectivity index (χ4n) is 1.56. The van der Waals surface area contributed by atoms with Gasteiger partial charge in [0.25, 0.3) is 0 Å². The van der Waals surface area contributed by atoms with Crippen molar-refractivity contribution in [3.63, 3.8) is 0 Å². The first-order chi connectivity index (χ1) is 8.86. The molecule has 0 aromatic heterocycles. The summed E-state index contributed by atoms with van der Waals surface area (Å²) in [4.78, 5) is 34.5. The summed E-state index contributed by atoms with van der Waals surface area (Å²) in [5, 5.41) is 8.94. The number of carbonyl (C=O) groups excluding carboxylic acids is 2. The summed E-state index contributed by atoms with van der Waals surface area (Å²) >= 11 is 0. The molecule has 19 heavy (non-hydrogen) atoms. The van der Waals surface area contributed by atoms with E-state index >= 15 is 0 Å². The summed E-state index contributed by atoms with van der Waals surface area (Å²) in [6.45, 7) is 0.893. The maximum absolute atomic E-state index is 11.5. The zero-order chi connectivity index (χ0) is 14.6. The summed E-state index contributed by atoms with van der Waals surface area (Å²) in [6.07, 6.45) is 0. The van der Waals surface area contributed by atoms with Crippen LogP contribution in [0.4, 0.5) is 5.69 Å². The molecule has 102 valence electrons. The lowest BCUT2D eigenvalue weighted by Gasteiger charge is -2.22. The van der Waals surface area contributed by atoms with Gasteiger partial charge in [0.05, 0.1) is 18.4 Å². The Morgan fingerprint density at radius 2 is 2.00 bits per heavy atom. The predicted molar refractivity (Wildman–Crippen MR) is 67.2 cm³/mol. The Morgan fingerprint density at radius 1 is 1.37 bits per heavy atom. The number of carboxylic acids is 1. The number of ether oxygens (including phenoxy) is 1. The van der Waals surface area contributed by atoms with Gasteiger partial charge in [-0.1, -0.05) is 0 Å². The molecule has 0 atom stereocenters. The van der Waals surface area contributed by atoms with Crippen molar-refractivity contribution in [2.75, 3.05) is 18.6 Å². The lowest BCUT2D eigenvalue weighted by Crippen LogP contribution is -2.37. The Morgan fingerprint density at radius 3 is 2.42 bits per heavy atom. The summed E-state index contributed by atoms with van der Waals surface area (Å²) < 4.78 is 5.05. The van der Waals surface area contributed by atoms with Crippen molar-refractivity contribution >= 4 is 23.5 Å². The summed E-state index contributed by atoms with van der Waals surface area (Å²) in [6, 6.07) is 4.01. The number of anilines is 1. The number of methoxy groups -OCH3 is 1. The summed E-state index contributed by atoms with van der Waals surface area (Å²) in [5.74, 6) is -2.02. The van der Waals surface area contributed by atoms with Crippen molar-refractivity contribution in [1.82, 2.24) is 0 Å². The molecule has 1 aromatic carbocycles. The van der Waals surface area contributed by atoms with E-state index in [0.29, 0.717) is 0 Å². The minimum atomic E-state index is -1.15. The van der Waals surface area contributed by atoms with Crippen LogP contribution in [0, 0.1) is 0 Å². The average molecular weight is 266 g/mol. The molecule has 0 bridgehead atoms. The molecule has 3 N–H and O–H groups in total. The smallest absolute Gasteiger partial charge is 0.335 e. The summed E-state index contributed by atoms with van der Waals surface area (Å²) in [7, 11) is 1.38. The Bertz CT molecular complexity index is 527. The highest BCUT2D eigenvalue weighted by Crippen LogP contribution is 2.29. The quantitative estimate of drug-likeness (QED) is 0.792. The van der Waals surface area contributed by atoms with Gasteiger partial charge < -0.3 is 15.6 Å². The third-order valence-corrected chi connectivity index (χ3v) is 2.41. The second-order valence-corrected chi connectivity index (χ2v) is 3.76. The van der Waals surface area contributed by atoms with Crippen molar-refractivity contribution in [3.8, 4) is 5.75 Å². The van der Waals surface area contributed by atoms with Gasteiger partial charge in [-0.2, -0.15) is 0 Å². The van der Waals surface area contributed by atoms with Gasteiger partial charge in [0.15, 0.2) is 0 Å². The van der Waals surface area contributed by atoms with Crippen LogP contribution in [0.1, 0.15) is 17.3 Å². The fraction of sp³-hybridized carbons (Fsp3) is 0.250. The van der Waals surface area contributed by atoms with Crippen LogP contribution in [-0.4, -0.2) is 36.5 Å². The van der Waals surface area contributed by atoms with Crippen LogP contribution >= 0.6 is 0 Å². The monoisotopic (exact) mass is 266 g/mol. The molecule has 7 nitrogen and oxygen atoms in total. The van der Waals surface area contributed by atoms with E-state index in [1.54, 1.807) is 0 Å². The molecule has 0 radical (unpaired) electrons. The Balaban J connectivity index is 3.33.